The van der Waals surface area contributed by atoms with Crippen molar-refractivity contribution in [1.29, 1.82) is 0 Å². The second-order valence-corrected chi connectivity index (χ2v) is 5.45. The first kappa shape index (κ1) is 13.7. The van der Waals surface area contributed by atoms with Gasteiger partial charge >= 0.3 is 0 Å². The standard InChI is InChI=1S/C15H19N5O/c1-11-14(8-16-10-18-11)15(21)19-6-3-4-13(9-19)20-7-5-17-12(20)2/h5,7-8,10,13H,3-4,6,9H2,1-2H3. The van der Waals surface area contributed by atoms with Crippen LogP contribution in [0.4, 0.5) is 0 Å². The van der Waals surface area contributed by atoms with Gasteiger partial charge in [-0.25, -0.2) is 15.0 Å². The molecular weight excluding hydrogens is 266 g/mol. The lowest BCUT2D eigenvalue weighted by molar-refractivity contribution is 0.0676. The number of likely N-dealkylation sites (tertiary alicyclic amines) is 1. The lowest BCUT2D eigenvalue weighted by atomic mass is 10.0. The number of carbonyl (C=O) groups excluding carboxylic acids is 1. The van der Waals surface area contributed by atoms with E-state index in [1.165, 1.54) is 6.33 Å². The summed E-state index contributed by atoms with van der Waals surface area (Å²) in [5.74, 6) is 1.02. The molecule has 0 aromatic carbocycles. The third-order valence-electron chi connectivity index (χ3n) is 4.08. The number of nitrogens with zero attached hydrogens (tertiary/aromatic N) is 5. The molecule has 0 saturated carbocycles. The van der Waals surface area contributed by atoms with Crippen molar-refractivity contribution in [2.75, 3.05) is 13.1 Å². The smallest absolute Gasteiger partial charge is 0.257 e. The molecule has 0 N–H and O–H groups in total. The second kappa shape index (κ2) is 5.63. The molecule has 1 unspecified atom stereocenters. The highest BCUT2D eigenvalue weighted by Gasteiger charge is 2.27. The fourth-order valence-corrected chi connectivity index (χ4v) is 2.91. The molecule has 1 atom stereocenters. The highest BCUT2D eigenvalue weighted by atomic mass is 16.2. The molecule has 6 heteroatoms. The summed E-state index contributed by atoms with van der Waals surface area (Å²) in [4.78, 5) is 26.9. The Bertz CT molecular complexity index is 651. The van der Waals surface area contributed by atoms with Gasteiger partial charge in [0.05, 0.1) is 17.3 Å². The van der Waals surface area contributed by atoms with E-state index in [4.69, 9.17) is 0 Å². The quantitative estimate of drug-likeness (QED) is 0.843. The van der Waals surface area contributed by atoms with Gasteiger partial charge in [-0.15, -0.1) is 0 Å². The number of aryl methyl sites for hydroxylation is 2. The van der Waals surface area contributed by atoms with E-state index in [-0.39, 0.29) is 5.91 Å². The van der Waals surface area contributed by atoms with Crippen LogP contribution in [0.1, 0.15) is 40.8 Å². The minimum absolute atomic E-state index is 0.0237. The maximum Gasteiger partial charge on any atom is 0.257 e. The van der Waals surface area contributed by atoms with Crippen LogP contribution >= 0.6 is 0 Å². The molecule has 6 nitrogen and oxygen atoms in total. The molecule has 0 aliphatic carbocycles. The summed E-state index contributed by atoms with van der Waals surface area (Å²) >= 11 is 0. The average molecular weight is 285 g/mol. The van der Waals surface area contributed by atoms with Crippen LogP contribution in [-0.4, -0.2) is 43.4 Å². The minimum Gasteiger partial charge on any atom is -0.336 e. The number of imidazole rings is 1. The third kappa shape index (κ3) is 2.66. The molecule has 2 aromatic heterocycles. The lowest BCUT2D eigenvalue weighted by Gasteiger charge is -2.34. The van der Waals surface area contributed by atoms with Gasteiger partial charge in [0.15, 0.2) is 0 Å². The molecule has 110 valence electrons. The van der Waals surface area contributed by atoms with Crippen molar-refractivity contribution < 1.29 is 4.79 Å². The van der Waals surface area contributed by atoms with E-state index >= 15 is 0 Å². The molecule has 3 heterocycles. The van der Waals surface area contributed by atoms with Gasteiger partial charge < -0.3 is 9.47 Å². The van der Waals surface area contributed by atoms with Gasteiger partial charge in [-0.05, 0) is 26.7 Å². The van der Waals surface area contributed by atoms with E-state index in [0.717, 1.165) is 30.9 Å². The average Bonchev–Trinajstić information content (AvgIpc) is 2.93. The summed E-state index contributed by atoms with van der Waals surface area (Å²) in [7, 11) is 0. The van der Waals surface area contributed by atoms with Gasteiger partial charge in [-0.2, -0.15) is 0 Å². The summed E-state index contributed by atoms with van der Waals surface area (Å²) in [5.41, 5.74) is 1.33. The van der Waals surface area contributed by atoms with Crippen molar-refractivity contribution >= 4 is 5.91 Å². The Labute approximate surface area is 123 Å². The Kier molecular flexibility index (Phi) is 3.68. The normalized spacial score (nSPS) is 18.8. The molecule has 1 fully saturated rings. The second-order valence-electron chi connectivity index (χ2n) is 5.45. The van der Waals surface area contributed by atoms with Gasteiger partial charge in [-0.1, -0.05) is 0 Å². The maximum absolute atomic E-state index is 12.6. The van der Waals surface area contributed by atoms with Gasteiger partial charge in [0.25, 0.3) is 5.91 Å². The number of piperidine rings is 1. The van der Waals surface area contributed by atoms with Crippen molar-refractivity contribution in [2.24, 2.45) is 0 Å². The predicted molar refractivity (Wildman–Crippen MR) is 77.9 cm³/mol. The fraction of sp³-hybridized carbons (Fsp3) is 0.467. The largest absolute Gasteiger partial charge is 0.336 e. The van der Waals surface area contributed by atoms with Crippen molar-refractivity contribution in [3.8, 4) is 0 Å². The van der Waals surface area contributed by atoms with Crippen molar-refractivity contribution in [2.45, 2.75) is 32.7 Å². The Balaban J connectivity index is 1.79. The van der Waals surface area contributed by atoms with Gasteiger partial charge in [-0.3, -0.25) is 4.79 Å². The first-order valence-corrected chi connectivity index (χ1v) is 7.22. The molecule has 21 heavy (non-hydrogen) atoms. The number of rotatable bonds is 2. The van der Waals surface area contributed by atoms with E-state index in [9.17, 15) is 4.79 Å². The van der Waals surface area contributed by atoms with Gasteiger partial charge in [0, 0.05) is 31.7 Å². The van der Waals surface area contributed by atoms with Crippen LogP contribution in [0, 0.1) is 13.8 Å². The molecule has 1 amide bonds. The van der Waals surface area contributed by atoms with Crippen LogP contribution in [0.2, 0.25) is 0 Å². The van der Waals surface area contributed by atoms with E-state index < -0.39 is 0 Å². The summed E-state index contributed by atoms with van der Waals surface area (Å²) in [5, 5.41) is 0. The first-order valence-electron chi connectivity index (χ1n) is 7.22. The first-order chi connectivity index (χ1) is 10.2. The van der Waals surface area contributed by atoms with E-state index in [0.29, 0.717) is 18.2 Å². The third-order valence-corrected chi connectivity index (χ3v) is 4.08. The SMILES string of the molecule is Cc1ncncc1C(=O)N1CCCC(n2ccnc2C)C1. The molecule has 0 bridgehead atoms. The van der Waals surface area contributed by atoms with E-state index in [2.05, 4.69) is 19.5 Å². The number of hydrogen-bond donors (Lipinski definition) is 0. The zero-order valence-electron chi connectivity index (χ0n) is 12.4. The monoisotopic (exact) mass is 285 g/mol. The number of aromatic nitrogens is 4. The Hall–Kier alpha value is -2.24. The summed E-state index contributed by atoms with van der Waals surface area (Å²) in [6.07, 6.45) is 8.96. The van der Waals surface area contributed by atoms with Crippen molar-refractivity contribution in [3.63, 3.8) is 0 Å². The summed E-state index contributed by atoms with van der Waals surface area (Å²) < 4.78 is 2.16. The summed E-state index contributed by atoms with van der Waals surface area (Å²) in [6, 6.07) is 0.301. The van der Waals surface area contributed by atoms with Gasteiger partial charge in [0.1, 0.15) is 12.2 Å². The number of carbonyl (C=O) groups is 1. The van der Waals surface area contributed by atoms with Crippen LogP contribution in [0.5, 0.6) is 0 Å². The maximum atomic E-state index is 12.6. The van der Waals surface area contributed by atoms with E-state index in [1.807, 2.05) is 31.1 Å². The predicted octanol–water partition coefficient (Wildman–Crippen LogP) is 1.77. The van der Waals surface area contributed by atoms with Crippen LogP contribution < -0.4 is 0 Å². The van der Waals surface area contributed by atoms with Crippen LogP contribution in [0.3, 0.4) is 0 Å². The zero-order chi connectivity index (χ0) is 14.8. The molecule has 3 rings (SSSR count). The molecule has 1 aliphatic heterocycles. The minimum atomic E-state index is 0.0237. The Morgan fingerprint density at radius 3 is 2.90 bits per heavy atom. The topological polar surface area (TPSA) is 63.9 Å². The highest BCUT2D eigenvalue weighted by Crippen LogP contribution is 2.24. The molecule has 0 spiro atoms. The summed E-state index contributed by atoms with van der Waals surface area (Å²) in [6.45, 7) is 5.34. The molecular formula is C15H19N5O. The molecule has 1 aliphatic rings. The molecule has 0 radical (unpaired) electrons. The van der Waals surface area contributed by atoms with Crippen LogP contribution in [-0.2, 0) is 0 Å². The number of hydrogen-bond acceptors (Lipinski definition) is 4. The Morgan fingerprint density at radius 1 is 1.33 bits per heavy atom. The van der Waals surface area contributed by atoms with Gasteiger partial charge in [0.2, 0.25) is 0 Å². The zero-order valence-corrected chi connectivity index (χ0v) is 12.4. The fourth-order valence-electron chi connectivity index (χ4n) is 2.91. The van der Waals surface area contributed by atoms with Crippen molar-refractivity contribution in [1.82, 2.24) is 24.4 Å². The van der Waals surface area contributed by atoms with Crippen LogP contribution in [0.25, 0.3) is 0 Å². The lowest BCUT2D eigenvalue weighted by Crippen LogP contribution is -2.41. The highest BCUT2D eigenvalue weighted by molar-refractivity contribution is 5.94. The van der Waals surface area contributed by atoms with Crippen molar-refractivity contribution in [3.05, 3.63) is 42.0 Å². The number of amides is 1. The van der Waals surface area contributed by atoms with Crippen LogP contribution in [0.15, 0.2) is 24.9 Å². The van der Waals surface area contributed by atoms with E-state index in [1.54, 1.807) is 6.20 Å². The Morgan fingerprint density at radius 2 is 2.19 bits per heavy atom. The molecule has 2 aromatic rings. The molecule has 1 saturated heterocycles.